The van der Waals surface area contributed by atoms with E-state index in [2.05, 4.69) is 41.7 Å². The van der Waals surface area contributed by atoms with Gasteiger partial charge in [0.15, 0.2) is 0 Å². The molecule has 1 saturated carbocycles. The van der Waals surface area contributed by atoms with E-state index in [-0.39, 0.29) is 12.0 Å². The fourth-order valence-electron chi connectivity index (χ4n) is 4.70. The number of fused-ring (bicyclic) bond motifs is 2. The van der Waals surface area contributed by atoms with Gasteiger partial charge in [-0.15, -0.1) is 0 Å². The minimum Gasteiger partial charge on any atom is -0.496 e. The molecule has 3 nitrogen and oxygen atoms in total. The van der Waals surface area contributed by atoms with Gasteiger partial charge in [0.2, 0.25) is 0 Å². The van der Waals surface area contributed by atoms with Gasteiger partial charge in [0.1, 0.15) is 5.75 Å². The van der Waals surface area contributed by atoms with E-state index in [1.54, 1.807) is 7.11 Å². The SMILES string of the molecule is COc1ccc2ccccc2c1C1NCCC2(O)CCCCC12. The number of aliphatic hydroxyl groups is 1. The van der Waals surface area contributed by atoms with Gasteiger partial charge in [-0.1, -0.05) is 43.2 Å². The first-order chi connectivity index (χ1) is 11.2. The minimum absolute atomic E-state index is 0.162. The minimum atomic E-state index is -0.518. The predicted octanol–water partition coefficient (Wildman–Crippen LogP) is 3.80. The Bertz CT molecular complexity index is 710. The number of hydrogen-bond donors (Lipinski definition) is 2. The normalized spacial score (nSPS) is 30.9. The van der Waals surface area contributed by atoms with Crippen molar-refractivity contribution in [2.24, 2.45) is 5.92 Å². The maximum atomic E-state index is 11.2. The van der Waals surface area contributed by atoms with E-state index in [0.717, 1.165) is 38.0 Å². The smallest absolute Gasteiger partial charge is 0.124 e. The number of piperidine rings is 1. The zero-order valence-corrected chi connectivity index (χ0v) is 13.7. The summed E-state index contributed by atoms with van der Waals surface area (Å²) in [5.74, 6) is 1.20. The Kier molecular flexibility index (Phi) is 3.78. The van der Waals surface area contributed by atoms with Crippen molar-refractivity contribution in [3.05, 3.63) is 42.0 Å². The molecule has 1 heterocycles. The summed E-state index contributed by atoms with van der Waals surface area (Å²) in [6.07, 6.45) is 5.23. The van der Waals surface area contributed by atoms with Crippen molar-refractivity contribution >= 4 is 10.8 Å². The fraction of sp³-hybridized carbons (Fsp3) is 0.500. The quantitative estimate of drug-likeness (QED) is 0.886. The van der Waals surface area contributed by atoms with Gasteiger partial charge in [-0.25, -0.2) is 0 Å². The highest BCUT2D eigenvalue weighted by Crippen LogP contribution is 2.48. The van der Waals surface area contributed by atoms with E-state index >= 15 is 0 Å². The Labute approximate surface area is 137 Å². The molecule has 0 amide bonds. The zero-order valence-electron chi connectivity index (χ0n) is 13.7. The van der Waals surface area contributed by atoms with Gasteiger partial charge in [0.25, 0.3) is 0 Å². The molecule has 0 bridgehead atoms. The number of benzene rings is 2. The van der Waals surface area contributed by atoms with Crippen LogP contribution >= 0.6 is 0 Å². The molecule has 1 aliphatic carbocycles. The molecule has 0 spiro atoms. The van der Waals surface area contributed by atoms with Crippen LogP contribution in [0.25, 0.3) is 10.8 Å². The van der Waals surface area contributed by atoms with Crippen molar-refractivity contribution < 1.29 is 9.84 Å². The average molecular weight is 311 g/mol. The molecule has 2 aliphatic rings. The number of methoxy groups -OCH3 is 1. The largest absolute Gasteiger partial charge is 0.496 e. The summed E-state index contributed by atoms with van der Waals surface area (Å²) in [7, 11) is 1.74. The lowest BCUT2D eigenvalue weighted by Crippen LogP contribution is -2.53. The van der Waals surface area contributed by atoms with Crippen molar-refractivity contribution in [2.45, 2.75) is 43.7 Å². The van der Waals surface area contributed by atoms with Gasteiger partial charge in [-0.2, -0.15) is 0 Å². The topological polar surface area (TPSA) is 41.5 Å². The van der Waals surface area contributed by atoms with Crippen molar-refractivity contribution in [3.63, 3.8) is 0 Å². The van der Waals surface area contributed by atoms with Crippen LogP contribution in [0.1, 0.15) is 43.7 Å². The second-order valence-corrected chi connectivity index (χ2v) is 7.04. The molecule has 122 valence electrons. The van der Waals surface area contributed by atoms with Crippen molar-refractivity contribution in [2.75, 3.05) is 13.7 Å². The monoisotopic (exact) mass is 311 g/mol. The lowest BCUT2D eigenvalue weighted by atomic mass is 9.66. The highest BCUT2D eigenvalue weighted by Gasteiger charge is 2.46. The van der Waals surface area contributed by atoms with Gasteiger partial charge in [0.05, 0.1) is 12.7 Å². The second kappa shape index (κ2) is 5.81. The zero-order chi connectivity index (χ0) is 15.9. The maximum Gasteiger partial charge on any atom is 0.124 e. The molecule has 2 N–H and O–H groups in total. The summed E-state index contributed by atoms with van der Waals surface area (Å²) < 4.78 is 5.70. The standard InChI is InChI=1S/C20H25NO2/c1-23-17-10-9-14-6-2-3-7-15(14)18(17)19-16-8-4-5-11-20(16,22)12-13-21-19/h2-3,6-7,9-10,16,19,21-22H,4-5,8,11-13H2,1H3. The third-order valence-electron chi connectivity index (χ3n) is 5.85. The highest BCUT2D eigenvalue weighted by molar-refractivity contribution is 5.88. The van der Waals surface area contributed by atoms with Crippen molar-refractivity contribution in [3.8, 4) is 5.75 Å². The molecule has 4 rings (SSSR count). The molecule has 2 aromatic carbocycles. The van der Waals surface area contributed by atoms with Crippen LogP contribution in [0.5, 0.6) is 5.75 Å². The Hall–Kier alpha value is -1.58. The van der Waals surface area contributed by atoms with Gasteiger partial charge in [-0.05, 0) is 42.6 Å². The molecule has 2 aromatic rings. The van der Waals surface area contributed by atoms with Crippen molar-refractivity contribution in [1.82, 2.24) is 5.32 Å². The van der Waals surface area contributed by atoms with E-state index in [0.29, 0.717) is 0 Å². The third-order valence-corrected chi connectivity index (χ3v) is 5.85. The summed E-state index contributed by atoms with van der Waals surface area (Å²) >= 11 is 0. The first kappa shape index (κ1) is 15.0. The van der Waals surface area contributed by atoms with Crippen LogP contribution in [-0.4, -0.2) is 24.4 Å². The van der Waals surface area contributed by atoms with E-state index in [1.165, 1.54) is 22.8 Å². The summed E-state index contributed by atoms with van der Waals surface area (Å²) in [6.45, 7) is 0.865. The first-order valence-electron chi connectivity index (χ1n) is 8.74. The summed E-state index contributed by atoms with van der Waals surface area (Å²) in [5.41, 5.74) is 0.700. The third kappa shape index (κ3) is 2.43. The van der Waals surface area contributed by atoms with Crippen LogP contribution in [0.4, 0.5) is 0 Å². The predicted molar refractivity (Wildman–Crippen MR) is 92.8 cm³/mol. The maximum absolute atomic E-state index is 11.2. The molecule has 3 unspecified atom stereocenters. The Balaban J connectivity index is 1.87. The molecule has 1 aliphatic heterocycles. The molecule has 3 atom stereocenters. The number of hydrogen-bond acceptors (Lipinski definition) is 3. The molecule has 3 heteroatoms. The van der Waals surface area contributed by atoms with Crippen LogP contribution in [0.3, 0.4) is 0 Å². The molecular weight excluding hydrogens is 286 g/mol. The summed E-state index contributed by atoms with van der Waals surface area (Å²) in [6, 6.07) is 12.8. The number of ether oxygens (including phenoxy) is 1. The Morgan fingerprint density at radius 2 is 2.00 bits per heavy atom. The molecule has 2 fully saturated rings. The van der Waals surface area contributed by atoms with Crippen LogP contribution < -0.4 is 10.1 Å². The number of rotatable bonds is 2. The van der Waals surface area contributed by atoms with Crippen LogP contribution in [0.2, 0.25) is 0 Å². The molecular formula is C20H25NO2. The van der Waals surface area contributed by atoms with Gasteiger partial charge in [-0.3, -0.25) is 0 Å². The molecule has 23 heavy (non-hydrogen) atoms. The van der Waals surface area contributed by atoms with Crippen LogP contribution in [-0.2, 0) is 0 Å². The van der Waals surface area contributed by atoms with Crippen LogP contribution in [0.15, 0.2) is 36.4 Å². The fourth-order valence-corrected chi connectivity index (χ4v) is 4.70. The summed E-state index contributed by atoms with van der Waals surface area (Å²) in [5, 5.41) is 17.3. The van der Waals surface area contributed by atoms with Crippen molar-refractivity contribution in [1.29, 1.82) is 0 Å². The molecule has 1 saturated heterocycles. The van der Waals surface area contributed by atoms with Gasteiger partial charge >= 0.3 is 0 Å². The molecule has 0 aromatic heterocycles. The Morgan fingerprint density at radius 1 is 1.13 bits per heavy atom. The Morgan fingerprint density at radius 3 is 2.87 bits per heavy atom. The molecule has 0 radical (unpaired) electrons. The number of nitrogens with one attached hydrogen (secondary N) is 1. The van der Waals surface area contributed by atoms with E-state index in [4.69, 9.17) is 4.74 Å². The van der Waals surface area contributed by atoms with E-state index in [1.807, 2.05) is 0 Å². The van der Waals surface area contributed by atoms with Gasteiger partial charge in [0, 0.05) is 17.5 Å². The average Bonchev–Trinajstić information content (AvgIpc) is 2.59. The second-order valence-electron chi connectivity index (χ2n) is 7.04. The lowest BCUT2D eigenvalue weighted by molar-refractivity contribution is -0.0861. The van der Waals surface area contributed by atoms with E-state index < -0.39 is 5.60 Å². The highest BCUT2D eigenvalue weighted by atomic mass is 16.5. The van der Waals surface area contributed by atoms with Crippen LogP contribution in [0, 0.1) is 5.92 Å². The van der Waals surface area contributed by atoms with E-state index in [9.17, 15) is 5.11 Å². The lowest BCUT2D eigenvalue weighted by Gasteiger charge is -2.48. The van der Waals surface area contributed by atoms with Gasteiger partial charge < -0.3 is 15.2 Å². The first-order valence-corrected chi connectivity index (χ1v) is 8.74. The summed E-state index contributed by atoms with van der Waals surface area (Å²) in [4.78, 5) is 0.